The van der Waals surface area contributed by atoms with E-state index >= 15 is 0 Å². The SMILES string of the molecule is CNC1CCCc2sc(-c3cccc(Cl)c3Cl)nc21. The van der Waals surface area contributed by atoms with Gasteiger partial charge in [0.25, 0.3) is 0 Å². The van der Waals surface area contributed by atoms with Crippen LogP contribution >= 0.6 is 34.5 Å². The molecule has 1 aliphatic rings. The Hall–Kier alpha value is -0.610. The predicted octanol–water partition coefficient (Wildman–Crippen LogP) is 4.71. The van der Waals surface area contributed by atoms with E-state index in [1.54, 1.807) is 17.4 Å². The fourth-order valence-corrected chi connectivity index (χ4v) is 4.13. The first kappa shape index (κ1) is 13.4. The van der Waals surface area contributed by atoms with E-state index in [0.29, 0.717) is 16.1 Å². The van der Waals surface area contributed by atoms with Crippen molar-refractivity contribution in [2.24, 2.45) is 0 Å². The zero-order chi connectivity index (χ0) is 13.4. The van der Waals surface area contributed by atoms with Gasteiger partial charge in [-0.05, 0) is 32.4 Å². The summed E-state index contributed by atoms with van der Waals surface area (Å²) in [7, 11) is 1.99. The molecule has 3 rings (SSSR count). The summed E-state index contributed by atoms with van der Waals surface area (Å²) in [5.74, 6) is 0. The number of benzene rings is 1. The number of nitrogens with one attached hydrogen (secondary N) is 1. The van der Waals surface area contributed by atoms with Gasteiger partial charge < -0.3 is 5.32 Å². The average molecular weight is 313 g/mol. The first-order chi connectivity index (χ1) is 9.20. The summed E-state index contributed by atoms with van der Waals surface area (Å²) >= 11 is 14.1. The molecule has 1 N–H and O–H groups in total. The summed E-state index contributed by atoms with van der Waals surface area (Å²) in [6.45, 7) is 0. The van der Waals surface area contributed by atoms with Crippen LogP contribution in [0.4, 0.5) is 0 Å². The quantitative estimate of drug-likeness (QED) is 0.868. The van der Waals surface area contributed by atoms with Crippen LogP contribution in [0, 0.1) is 0 Å². The highest BCUT2D eigenvalue weighted by Crippen LogP contribution is 2.40. The Morgan fingerprint density at radius 2 is 2.21 bits per heavy atom. The molecule has 1 aromatic heterocycles. The van der Waals surface area contributed by atoms with Crippen LogP contribution in [0.3, 0.4) is 0 Å². The van der Waals surface area contributed by atoms with Crippen LogP contribution in [0.1, 0.15) is 29.5 Å². The molecule has 0 aliphatic heterocycles. The Labute approximate surface area is 126 Å². The first-order valence-electron chi connectivity index (χ1n) is 6.32. The molecule has 1 aromatic carbocycles. The Morgan fingerprint density at radius 3 is 3.00 bits per heavy atom. The van der Waals surface area contributed by atoms with Crippen molar-refractivity contribution in [1.29, 1.82) is 0 Å². The lowest BCUT2D eigenvalue weighted by atomic mass is 9.98. The summed E-state index contributed by atoms with van der Waals surface area (Å²) in [5.41, 5.74) is 2.12. The van der Waals surface area contributed by atoms with Crippen molar-refractivity contribution in [3.05, 3.63) is 38.8 Å². The summed E-state index contributed by atoms with van der Waals surface area (Å²) in [5, 5.41) is 5.48. The molecule has 19 heavy (non-hydrogen) atoms. The minimum Gasteiger partial charge on any atom is -0.312 e. The van der Waals surface area contributed by atoms with Crippen molar-refractivity contribution < 1.29 is 0 Å². The number of nitrogens with zero attached hydrogens (tertiary/aromatic N) is 1. The number of thiazole rings is 1. The third-order valence-corrected chi connectivity index (χ3v) is 5.47. The second kappa shape index (κ2) is 5.41. The van der Waals surface area contributed by atoms with Crippen LogP contribution in [-0.2, 0) is 6.42 Å². The van der Waals surface area contributed by atoms with Gasteiger partial charge >= 0.3 is 0 Å². The molecule has 0 saturated heterocycles. The van der Waals surface area contributed by atoms with Gasteiger partial charge in [0, 0.05) is 10.4 Å². The molecule has 5 heteroatoms. The number of fused-ring (bicyclic) bond motifs is 1. The molecule has 1 unspecified atom stereocenters. The van der Waals surface area contributed by atoms with Gasteiger partial charge in [-0.2, -0.15) is 0 Å². The van der Waals surface area contributed by atoms with Gasteiger partial charge in [0.1, 0.15) is 5.01 Å². The number of rotatable bonds is 2. The zero-order valence-electron chi connectivity index (χ0n) is 10.5. The fourth-order valence-electron chi connectivity index (χ4n) is 2.48. The van der Waals surface area contributed by atoms with E-state index < -0.39 is 0 Å². The Morgan fingerprint density at radius 1 is 1.37 bits per heavy atom. The molecular weight excluding hydrogens is 299 g/mol. The molecule has 0 fully saturated rings. The summed E-state index contributed by atoms with van der Waals surface area (Å²) in [6.07, 6.45) is 3.47. The maximum Gasteiger partial charge on any atom is 0.125 e. The maximum atomic E-state index is 6.28. The number of hydrogen-bond donors (Lipinski definition) is 1. The number of hydrogen-bond acceptors (Lipinski definition) is 3. The van der Waals surface area contributed by atoms with Gasteiger partial charge in [-0.15, -0.1) is 11.3 Å². The smallest absolute Gasteiger partial charge is 0.125 e. The third-order valence-electron chi connectivity index (χ3n) is 3.48. The second-order valence-electron chi connectivity index (χ2n) is 4.66. The molecular formula is C14H14Cl2N2S. The highest BCUT2D eigenvalue weighted by atomic mass is 35.5. The molecule has 1 aliphatic carbocycles. The van der Waals surface area contributed by atoms with Crippen LogP contribution in [0.2, 0.25) is 10.0 Å². The van der Waals surface area contributed by atoms with Crippen LogP contribution in [-0.4, -0.2) is 12.0 Å². The van der Waals surface area contributed by atoms with Crippen molar-refractivity contribution in [2.45, 2.75) is 25.3 Å². The third kappa shape index (κ3) is 2.40. The van der Waals surface area contributed by atoms with Crippen molar-refractivity contribution in [2.75, 3.05) is 7.05 Å². The van der Waals surface area contributed by atoms with E-state index in [9.17, 15) is 0 Å². The molecule has 0 amide bonds. The van der Waals surface area contributed by atoms with E-state index in [2.05, 4.69) is 5.32 Å². The number of aryl methyl sites for hydroxylation is 1. The topological polar surface area (TPSA) is 24.9 Å². The van der Waals surface area contributed by atoms with Crippen molar-refractivity contribution in [1.82, 2.24) is 10.3 Å². The molecule has 0 saturated carbocycles. The Bertz CT molecular complexity index is 609. The van der Waals surface area contributed by atoms with Crippen molar-refractivity contribution >= 4 is 34.5 Å². The van der Waals surface area contributed by atoms with Gasteiger partial charge in [0.15, 0.2) is 0 Å². The summed E-state index contributed by atoms with van der Waals surface area (Å²) < 4.78 is 0. The van der Waals surface area contributed by atoms with Crippen LogP contribution in [0.5, 0.6) is 0 Å². The highest BCUT2D eigenvalue weighted by molar-refractivity contribution is 7.15. The van der Waals surface area contributed by atoms with Gasteiger partial charge in [-0.1, -0.05) is 35.3 Å². The molecule has 2 nitrogen and oxygen atoms in total. The lowest BCUT2D eigenvalue weighted by Gasteiger charge is -2.19. The predicted molar refractivity (Wildman–Crippen MR) is 82.3 cm³/mol. The van der Waals surface area contributed by atoms with Crippen LogP contribution in [0.15, 0.2) is 18.2 Å². The maximum absolute atomic E-state index is 6.28. The van der Waals surface area contributed by atoms with E-state index in [4.69, 9.17) is 28.2 Å². The van der Waals surface area contributed by atoms with Crippen molar-refractivity contribution in [3.8, 4) is 10.6 Å². The normalized spacial score (nSPS) is 18.4. The number of halogens is 2. The highest BCUT2D eigenvalue weighted by Gasteiger charge is 2.24. The van der Waals surface area contributed by atoms with Crippen LogP contribution < -0.4 is 5.32 Å². The standard InChI is InChI=1S/C14H14Cl2N2S/c1-17-10-6-3-7-11-13(10)18-14(19-11)8-4-2-5-9(15)12(8)16/h2,4-5,10,17H,3,6-7H2,1H3. The van der Waals surface area contributed by atoms with E-state index in [1.807, 2.05) is 19.2 Å². The van der Waals surface area contributed by atoms with E-state index in [0.717, 1.165) is 23.4 Å². The summed E-state index contributed by atoms with van der Waals surface area (Å²) in [6, 6.07) is 6.07. The first-order valence-corrected chi connectivity index (χ1v) is 7.89. The minimum absolute atomic E-state index is 0.367. The zero-order valence-corrected chi connectivity index (χ0v) is 12.9. The number of aromatic nitrogens is 1. The molecule has 2 aromatic rings. The van der Waals surface area contributed by atoms with E-state index in [-0.39, 0.29) is 0 Å². The van der Waals surface area contributed by atoms with E-state index in [1.165, 1.54) is 17.0 Å². The average Bonchev–Trinajstić information content (AvgIpc) is 2.85. The van der Waals surface area contributed by atoms with Gasteiger partial charge in [0.05, 0.1) is 21.8 Å². The van der Waals surface area contributed by atoms with Crippen molar-refractivity contribution in [3.63, 3.8) is 0 Å². The Balaban J connectivity index is 2.07. The molecule has 1 heterocycles. The van der Waals surface area contributed by atoms with Gasteiger partial charge in [-0.3, -0.25) is 0 Å². The molecule has 0 spiro atoms. The minimum atomic E-state index is 0.367. The Kier molecular flexibility index (Phi) is 3.81. The fraction of sp³-hybridized carbons (Fsp3) is 0.357. The summed E-state index contributed by atoms with van der Waals surface area (Å²) in [4.78, 5) is 6.16. The molecule has 0 bridgehead atoms. The van der Waals surface area contributed by atoms with Crippen LogP contribution in [0.25, 0.3) is 10.6 Å². The lowest BCUT2D eigenvalue weighted by Crippen LogP contribution is -2.21. The van der Waals surface area contributed by atoms with Gasteiger partial charge in [0.2, 0.25) is 0 Å². The second-order valence-corrected chi connectivity index (χ2v) is 6.53. The molecule has 0 radical (unpaired) electrons. The monoisotopic (exact) mass is 312 g/mol. The molecule has 1 atom stereocenters. The molecule has 100 valence electrons. The lowest BCUT2D eigenvalue weighted by molar-refractivity contribution is 0.490. The largest absolute Gasteiger partial charge is 0.312 e. The van der Waals surface area contributed by atoms with Gasteiger partial charge in [-0.25, -0.2) is 4.98 Å².